The van der Waals surface area contributed by atoms with Crippen molar-refractivity contribution in [1.82, 2.24) is 0 Å². The fraction of sp³-hybridized carbons (Fsp3) is 0. The lowest BCUT2D eigenvalue weighted by Gasteiger charge is -2.28. The van der Waals surface area contributed by atoms with Gasteiger partial charge in [-0.3, -0.25) is 0 Å². The molecule has 69 heavy (non-hydrogen) atoms. The highest BCUT2D eigenvalue weighted by Crippen LogP contribution is 2.51. The van der Waals surface area contributed by atoms with Crippen LogP contribution in [0.1, 0.15) is 0 Å². The zero-order chi connectivity index (χ0) is 45.7. The zero-order valence-corrected chi connectivity index (χ0v) is 37.7. The van der Waals surface area contributed by atoms with Gasteiger partial charge >= 0.3 is 0 Å². The van der Waals surface area contributed by atoms with Crippen molar-refractivity contribution in [1.29, 1.82) is 0 Å². The molecule has 0 aromatic heterocycles. The summed E-state index contributed by atoms with van der Waals surface area (Å²) < 4.78 is 6.87. The van der Waals surface area contributed by atoms with Gasteiger partial charge in [0.1, 0.15) is 11.5 Å². The molecule has 0 saturated carbocycles. The number of rotatable bonds is 9. The van der Waals surface area contributed by atoms with Gasteiger partial charge in [0.2, 0.25) is 0 Å². The Balaban J connectivity index is 0.851. The maximum atomic E-state index is 6.87. The first kappa shape index (κ1) is 40.1. The maximum Gasteiger partial charge on any atom is 0.135 e. The number of benzene rings is 12. The number of anilines is 6. The monoisotopic (exact) mass is 880 g/mol. The van der Waals surface area contributed by atoms with E-state index in [0.29, 0.717) is 0 Å². The van der Waals surface area contributed by atoms with Crippen LogP contribution in [0.15, 0.2) is 267 Å². The maximum absolute atomic E-state index is 6.87. The third kappa shape index (κ3) is 7.25. The summed E-state index contributed by atoms with van der Waals surface area (Å²) in [5.41, 5.74) is 15.9. The molecule has 0 aliphatic carbocycles. The van der Waals surface area contributed by atoms with Crippen molar-refractivity contribution < 1.29 is 4.74 Å². The first-order valence-electron chi connectivity index (χ1n) is 23.6. The van der Waals surface area contributed by atoms with Gasteiger partial charge in [0.05, 0.1) is 5.69 Å². The minimum Gasteiger partial charge on any atom is -0.456 e. The van der Waals surface area contributed by atoms with Gasteiger partial charge in [-0.25, -0.2) is 0 Å². The third-order valence-electron chi connectivity index (χ3n) is 13.6. The predicted molar refractivity (Wildman–Crippen MR) is 290 cm³/mol. The molecule has 324 valence electrons. The number of para-hydroxylation sites is 1. The van der Waals surface area contributed by atoms with E-state index < -0.39 is 0 Å². The van der Waals surface area contributed by atoms with E-state index in [-0.39, 0.29) is 0 Å². The van der Waals surface area contributed by atoms with Crippen LogP contribution in [0.4, 0.5) is 34.1 Å². The number of nitrogens with zero attached hydrogens (tertiary/aromatic N) is 2. The van der Waals surface area contributed by atoms with Crippen LogP contribution in [0.2, 0.25) is 0 Å². The SMILES string of the molecule is c1ccc(-c2ccc(N(c3ccc(-c4ccccc4)cc3)c3ccc(-c4ccc5c(c4)Oc4cccc6c4c-5cc4ccc(N(c5ccccc5)c5cccc7ccccc57)cc46)cc3)cc2)cc1. The second-order valence-corrected chi connectivity index (χ2v) is 17.7. The first-order chi connectivity index (χ1) is 34.2. The second-order valence-electron chi connectivity index (χ2n) is 17.7. The minimum atomic E-state index is 0.859. The Labute approximate surface area is 402 Å². The van der Waals surface area contributed by atoms with Crippen LogP contribution in [-0.2, 0) is 0 Å². The van der Waals surface area contributed by atoms with Crippen molar-refractivity contribution in [3.63, 3.8) is 0 Å². The van der Waals surface area contributed by atoms with Crippen LogP contribution in [0, 0.1) is 0 Å². The van der Waals surface area contributed by atoms with E-state index in [0.717, 1.165) is 67.7 Å². The molecule has 1 heterocycles. The van der Waals surface area contributed by atoms with Gasteiger partial charge in [-0.05, 0) is 151 Å². The summed E-state index contributed by atoms with van der Waals surface area (Å²) in [5, 5.41) is 7.10. The van der Waals surface area contributed by atoms with Gasteiger partial charge < -0.3 is 14.5 Å². The Bertz CT molecular complexity index is 3740. The molecular weight excluding hydrogens is 837 g/mol. The van der Waals surface area contributed by atoms with Crippen molar-refractivity contribution in [2.24, 2.45) is 0 Å². The largest absolute Gasteiger partial charge is 0.456 e. The van der Waals surface area contributed by atoms with E-state index in [4.69, 9.17) is 4.74 Å². The van der Waals surface area contributed by atoms with Crippen molar-refractivity contribution in [2.45, 2.75) is 0 Å². The molecule has 0 N–H and O–H groups in total. The molecule has 0 spiro atoms. The fourth-order valence-electron chi connectivity index (χ4n) is 10.3. The molecule has 12 aromatic rings. The summed E-state index contributed by atoms with van der Waals surface area (Å²) >= 11 is 0. The van der Waals surface area contributed by atoms with Crippen molar-refractivity contribution >= 4 is 66.4 Å². The molecule has 12 aromatic carbocycles. The lowest BCUT2D eigenvalue weighted by molar-refractivity contribution is 0.487. The van der Waals surface area contributed by atoms with Gasteiger partial charge in [-0.15, -0.1) is 0 Å². The van der Waals surface area contributed by atoms with Crippen LogP contribution in [-0.4, -0.2) is 0 Å². The van der Waals surface area contributed by atoms with Crippen molar-refractivity contribution in [3.8, 4) is 56.0 Å². The van der Waals surface area contributed by atoms with Crippen LogP contribution in [0.5, 0.6) is 11.5 Å². The average Bonchev–Trinajstić information content (AvgIpc) is 3.42. The van der Waals surface area contributed by atoms with E-state index in [1.54, 1.807) is 0 Å². The van der Waals surface area contributed by atoms with Crippen LogP contribution in [0.3, 0.4) is 0 Å². The predicted octanol–water partition coefficient (Wildman–Crippen LogP) is 18.9. The summed E-state index contributed by atoms with van der Waals surface area (Å²) in [5.74, 6) is 1.73. The van der Waals surface area contributed by atoms with E-state index in [2.05, 4.69) is 277 Å². The van der Waals surface area contributed by atoms with Gasteiger partial charge in [-0.1, -0.05) is 176 Å². The molecular formula is C66H44N2O. The number of hydrogen-bond acceptors (Lipinski definition) is 3. The Hall–Kier alpha value is -9.18. The molecule has 13 rings (SSSR count). The summed E-state index contributed by atoms with van der Waals surface area (Å²) in [7, 11) is 0. The third-order valence-corrected chi connectivity index (χ3v) is 13.6. The summed E-state index contributed by atoms with van der Waals surface area (Å²) in [6.07, 6.45) is 0. The molecule has 0 bridgehead atoms. The van der Waals surface area contributed by atoms with E-state index in [9.17, 15) is 0 Å². The highest BCUT2D eigenvalue weighted by atomic mass is 16.5. The van der Waals surface area contributed by atoms with E-state index in [1.807, 2.05) is 0 Å². The van der Waals surface area contributed by atoms with E-state index >= 15 is 0 Å². The molecule has 0 radical (unpaired) electrons. The zero-order valence-electron chi connectivity index (χ0n) is 37.7. The van der Waals surface area contributed by atoms with Crippen molar-refractivity contribution in [2.75, 3.05) is 9.80 Å². The number of ether oxygens (including phenoxy) is 1. The molecule has 1 aliphatic heterocycles. The smallest absolute Gasteiger partial charge is 0.135 e. The molecule has 0 amide bonds. The quantitative estimate of drug-likeness (QED) is 0.134. The first-order valence-corrected chi connectivity index (χ1v) is 23.6. The van der Waals surface area contributed by atoms with Gasteiger partial charge in [0, 0.05) is 44.8 Å². The molecule has 0 atom stereocenters. The summed E-state index contributed by atoms with van der Waals surface area (Å²) in [6, 6.07) is 95.9. The normalized spacial score (nSPS) is 11.6. The van der Waals surface area contributed by atoms with Gasteiger partial charge in [-0.2, -0.15) is 0 Å². The van der Waals surface area contributed by atoms with E-state index in [1.165, 1.54) is 54.7 Å². The Morgan fingerprint density at radius 1 is 0.246 bits per heavy atom. The lowest BCUT2D eigenvalue weighted by atomic mass is 9.89. The van der Waals surface area contributed by atoms with Crippen LogP contribution < -0.4 is 14.5 Å². The van der Waals surface area contributed by atoms with Gasteiger partial charge in [0.15, 0.2) is 0 Å². The molecule has 0 fully saturated rings. The highest BCUT2D eigenvalue weighted by molar-refractivity contribution is 6.18. The molecule has 3 nitrogen and oxygen atoms in total. The topological polar surface area (TPSA) is 15.7 Å². The Kier molecular flexibility index (Phi) is 9.84. The highest BCUT2D eigenvalue weighted by Gasteiger charge is 2.24. The van der Waals surface area contributed by atoms with Crippen LogP contribution >= 0.6 is 0 Å². The van der Waals surface area contributed by atoms with Crippen molar-refractivity contribution in [3.05, 3.63) is 267 Å². The Morgan fingerprint density at radius 2 is 0.739 bits per heavy atom. The molecule has 3 heteroatoms. The lowest BCUT2D eigenvalue weighted by Crippen LogP contribution is -2.10. The summed E-state index contributed by atoms with van der Waals surface area (Å²) in [6.45, 7) is 0. The average molecular weight is 881 g/mol. The Morgan fingerprint density at radius 3 is 1.39 bits per heavy atom. The molecule has 1 aliphatic rings. The minimum absolute atomic E-state index is 0.859. The number of fused-ring (bicyclic) bond motifs is 5. The van der Waals surface area contributed by atoms with Gasteiger partial charge in [0.25, 0.3) is 0 Å². The fourth-order valence-corrected chi connectivity index (χ4v) is 10.3. The molecule has 0 saturated heterocycles. The number of hydrogen-bond donors (Lipinski definition) is 0. The second kappa shape index (κ2) is 16.9. The summed E-state index contributed by atoms with van der Waals surface area (Å²) in [4.78, 5) is 4.71. The van der Waals surface area contributed by atoms with Crippen LogP contribution in [0.25, 0.3) is 76.8 Å². The standard InChI is InChI=1S/C66H44N2O/c1-4-14-45(15-5-1)47-26-34-54(35-27-47)67(55-36-28-48(29-37-55)46-16-6-2-7-17-46)56-38-30-49(31-39-56)51-33-41-59-62-42-52-32-40-57(44-61(52)60-23-13-25-64(66(60)62)69-65(59)43-51)68(53-20-8-3-9-21-53)63-24-12-19-50-18-10-11-22-58(50)63/h1-44H. The molecule has 0 unspecified atom stereocenters.